The van der Waals surface area contributed by atoms with Crippen LogP contribution >= 0.6 is 12.2 Å². The number of amides is 1. The number of hydrogen-bond acceptors (Lipinski definition) is 3. The maximum atomic E-state index is 12.5. The van der Waals surface area contributed by atoms with Gasteiger partial charge in [-0.05, 0) is 49.3 Å². The van der Waals surface area contributed by atoms with Crippen LogP contribution in [0.4, 0.5) is 11.4 Å². The highest BCUT2D eigenvalue weighted by Crippen LogP contribution is 2.17. The Morgan fingerprint density at radius 3 is 2.60 bits per heavy atom. The Hall–Kier alpha value is -2.44. The van der Waals surface area contributed by atoms with Crippen LogP contribution in [0.3, 0.4) is 0 Å². The van der Waals surface area contributed by atoms with Crippen molar-refractivity contribution in [1.29, 1.82) is 0 Å². The van der Waals surface area contributed by atoms with Crippen LogP contribution in [0, 0.1) is 0 Å². The van der Waals surface area contributed by atoms with Gasteiger partial charge in [-0.25, -0.2) is 0 Å². The van der Waals surface area contributed by atoms with Crippen LogP contribution in [0.5, 0.6) is 0 Å². The highest BCUT2D eigenvalue weighted by atomic mass is 32.1. The van der Waals surface area contributed by atoms with Gasteiger partial charge in [-0.3, -0.25) is 4.79 Å². The summed E-state index contributed by atoms with van der Waals surface area (Å²) in [5.74, 6) is -0.138. The lowest BCUT2D eigenvalue weighted by molar-refractivity contribution is 0.0858. The number of anilines is 2. The molecule has 1 fully saturated rings. The molecule has 0 unspecified atom stereocenters. The lowest BCUT2D eigenvalue weighted by atomic mass is 10.1. The van der Waals surface area contributed by atoms with Crippen LogP contribution in [0.1, 0.15) is 23.2 Å². The monoisotopic (exact) mass is 355 g/mol. The Morgan fingerprint density at radius 1 is 1.08 bits per heavy atom. The van der Waals surface area contributed by atoms with Crippen LogP contribution in [-0.4, -0.2) is 30.3 Å². The molecule has 2 aromatic rings. The topological polar surface area (TPSA) is 62.4 Å². The van der Waals surface area contributed by atoms with Crippen molar-refractivity contribution in [1.82, 2.24) is 5.32 Å². The molecule has 0 saturated carbocycles. The van der Waals surface area contributed by atoms with Gasteiger partial charge >= 0.3 is 0 Å². The molecule has 3 N–H and O–H groups in total. The third-order valence-corrected chi connectivity index (χ3v) is 4.17. The number of carbonyl (C=O) groups excluding carboxylic acids is 1. The van der Waals surface area contributed by atoms with Crippen LogP contribution in [-0.2, 0) is 4.74 Å². The molecule has 1 amide bonds. The van der Waals surface area contributed by atoms with E-state index < -0.39 is 0 Å². The summed E-state index contributed by atoms with van der Waals surface area (Å²) in [5.41, 5.74) is 2.11. The number of thiocarbonyl (C=S) groups is 1. The van der Waals surface area contributed by atoms with E-state index in [9.17, 15) is 4.79 Å². The number of carbonyl (C=O) groups is 1. The van der Waals surface area contributed by atoms with Crippen molar-refractivity contribution < 1.29 is 9.53 Å². The molecule has 0 aromatic heterocycles. The second-order valence-corrected chi connectivity index (χ2v) is 6.24. The summed E-state index contributed by atoms with van der Waals surface area (Å²) >= 11 is 5.34. The minimum Gasteiger partial charge on any atom is -0.376 e. The number of benzene rings is 2. The predicted octanol–water partition coefficient (Wildman–Crippen LogP) is 3.40. The molecule has 1 aliphatic rings. The Bertz CT molecular complexity index is 730. The molecule has 6 heteroatoms. The minimum absolute atomic E-state index is 0.116. The molecular weight excluding hydrogens is 334 g/mol. The first kappa shape index (κ1) is 17.4. The molecule has 0 radical (unpaired) electrons. The summed E-state index contributed by atoms with van der Waals surface area (Å²) in [5, 5.41) is 9.57. The van der Waals surface area contributed by atoms with Gasteiger partial charge in [0.05, 0.1) is 17.4 Å². The highest BCUT2D eigenvalue weighted by molar-refractivity contribution is 7.80. The van der Waals surface area contributed by atoms with Gasteiger partial charge in [0.2, 0.25) is 0 Å². The Balaban J connectivity index is 1.61. The fraction of sp³-hybridized carbons (Fsp3) is 0.263. The van der Waals surface area contributed by atoms with Crippen LogP contribution in [0.25, 0.3) is 0 Å². The number of ether oxygens (including phenoxy) is 1. The quantitative estimate of drug-likeness (QED) is 0.718. The van der Waals surface area contributed by atoms with E-state index in [0.29, 0.717) is 22.9 Å². The van der Waals surface area contributed by atoms with Crippen molar-refractivity contribution in [3.8, 4) is 0 Å². The number of hydrogen-bond donors (Lipinski definition) is 3. The summed E-state index contributed by atoms with van der Waals surface area (Å²) < 4.78 is 5.54. The molecule has 1 aliphatic heterocycles. The molecule has 1 saturated heterocycles. The third-order valence-electron chi connectivity index (χ3n) is 3.97. The van der Waals surface area contributed by atoms with Crippen molar-refractivity contribution in [3.05, 3.63) is 60.2 Å². The van der Waals surface area contributed by atoms with E-state index >= 15 is 0 Å². The number of rotatable bonds is 5. The molecule has 5 nitrogen and oxygen atoms in total. The number of nitrogens with one attached hydrogen (secondary N) is 3. The van der Waals surface area contributed by atoms with Gasteiger partial charge in [0.15, 0.2) is 5.11 Å². The Morgan fingerprint density at radius 2 is 1.84 bits per heavy atom. The van der Waals surface area contributed by atoms with Crippen molar-refractivity contribution in [2.75, 3.05) is 23.8 Å². The first-order chi connectivity index (χ1) is 12.2. The van der Waals surface area contributed by atoms with E-state index in [-0.39, 0.29) is 12.0 Å². The summed E-state index contributed by atoms with van der Waals surface area (Å²) in [6.45, 7) is 1.30. The van der Waals surface area contributed by atoms with Gasteiger partial charge < -0.3 is 20.7 Å². The van der Waals surface area contributed by atoms with E-state index in [0.717, 1.165) is 25.1 Å². The van der Waals surface area contributed by atoms with Gasteiger partial charge in [-0.1, -0.05) is 30.3 Å². The van der Waals surface area contributed by atoms with Gasteiger partial charge in [0.25, 0.3) is 5.91 Å². The van der Waals surface area contributed by atoms with Crippen molar-refractivity contribution in [2.24, 2.45) is 0 Å². The fourth-order valence-corrected chi connectivity index (χ4v) is 2.93. The smallest absolute Gasteiger partial charge is 0.253 e. The Kier molecular flexibility index (Phi) is 5.98. The second-order valence-electron chi connectivity index (χ2n) is 5.84. The van der Waals surface area contributed by atoms with Crippen molar-refractivity contribution in [2.45, 2.75) is 18.9 Å². The summed E-state index contributed by atoms with van der Waals surface area (Å²) in [6, 6.07) is 17.0. The maximum absolute atomic E-state index is 12.5. The van der Waals surface area contributed by atoms with Gasteiger partial charge in [-0.15, -0.1) is 0 Å². The van der Waals surface area contributed by atoms with E-state index in [1.54, 1.807) is 6.07 Å². The van der Waals surface area contributed by atoms with Gasteiger partial charge in [0, 0.05) is 18.8 Å². The van der Waals surface area contributed by atoms with E-state index in [1.807, 2.05) is 48.5 Å². The minimum atomic E-state index is -0.138. The summed E-state index contributed by atoms with van der Waals surface area (Å²) in [6.07, 6.45) is 2.16. The average molecular weight is 355 g/mol. The first-order valence-corrected chi connectivity index (χ1v) is 8.75. The van der Waals surface area contributed by atoms with Crippen LogP contribution in [0.2, 0.25) is 0 Å². The Labute approximate surface area is 152 Å². The van der Waals surface area contributed by atoms with Crippen molar-refractivity contribution in [3.63, 3.8) is 0 Å². The fourth-order valence-electron chi connectivity index (χ4n) is 2.70. The summed E-state index contributed by atoms with van der Waals surface area (Å²) in [4.78, 5) is 12.5. The molecule has 25 heavy (non-hydrogen) atoms. The zero-order chi connectivity index (χ0) is 17.5. The lowest BCUT2D eigenvalue weighted by Crippen LogP contribution is -2.32. The summed E-state index contributed by atoms with van der Waals surface area (Å²) in [7, 11) is 0. The second kappa shape index (κ2) is 8.60. The molecule has 0 bridgehead atoms. The zero-order valence-electron chi connectivity index (χ0n) is 13.8. The normalized spacial score (nSPS) is 16.2. The standard InChI is InChI=1S/C19H21N3O2S/c23-18(20-13-15-9-6-12-24-15)16-10-4-5-11-17(16)22-19(25)21-14-7-2-1-3-8-14/h1-5,7-8,10-11,15H,6,9,12-13H2,(H,20,23)(H2,21,22,25)/t15-/m0/s1. The SMILES string of the molecule is O=C(NC[C@@H]1CCCO1)c1ccccc1NC(=S)Nc1ccccc1. The third kappa shape index (κ3) is 5.01. The molecule has 3 rings (SSSR count). The average Bonchev–Trinajstić information content (AvgIpc) is 3.14. The zero-order valence-corrected chi connectivity index (χ0v) is 14.6. The predicted molar refractivity (Wildman–Crippen MR) is 104 cm³/mol. The molecule has 2 aromatic carbocycles. The highest BCUT2D eigenvalue weighted by Gasteiger charge is 2.18. The molecule has 0 aliphatic carbocycles. The lowest BCUT2D eigenvalue weighted by Gasteiger charge is -2.15. The van der Waals surface area contributed by atoms with Crippen LogP contribution < -0.4 is 16.0 Å². The van der Waals surface area contributed by atoms with E-state index in [2.05, 4.69) is 16.0 Å². The van der Waals surface area contributed by atoms with Gasteiger partial charge in [-0.2, -0.15) is 0 Å². The maximum Gasteiger partial charge on any atom is 0.253 e. The largest absolute Gasteiger partial charge is 0.376 e. The van der Waals surface area contributed by atoms with Crippen LogP contribution in [0.15, 0.2) is 54.6 Å². The van der Waals surface area contributed by atoms with Crippen molar-refractivity contribution >= 4 is 34.6 Å². The molecule has 0 spiro atoms. The van der Waals surface area contributed by atoms with E-state index in [1.165, 1.54) is 0 Å². The number of para-hydroxylation sites is 2. The van der Waals surface area contributed by atoms with E-state index in [4.69, 9.17) is 17.0 Å². The molecule has 1 atom stereocenters. The first-order valence-electron chi connectivity index (χ1n) is 8.34. The molecule has 130 valence electrons. The molecule has 1 heterocycles. The molecular formula is C19H21N3O2S. The van der Waals surface area contributed by atoms with Gasteiger partial charge in [0.1, 0.15) is 0 Å².